The third-order valence-corrected chi connectivity index (χ3v) is 8.88. The van der Waals surface area contributed by atoms with E-state index in [1.165, 1.54) is 10.9 Å². The number of piperazine rings is 1. The fourth-order valence-electron chi connectivity index (χ4n) is 5.85. The molecular weight excluding hydrogens is 575 g/mol. The maximum absolute atomic E-state index is 13.3. The van der Waals surface area contributed by atoms with Crippen LogP contribution in [0.5, 0.6) is 5.75 Å². The van der Waals surface area contributed by atoms with Crippen LogP contribution in [0.2, 0.25) is 10.0 Å². The molecule has 1 N–H and O–H groups in total. The fraction of sp³-hybridized carbons (Fsp3) is 0.400. The van der Waals surface area contributed by atoms with Crippen molar-refractivity contribution < 1.29 is 4.74 Å². The molecular formula is C30H34Cl2N8O2. The van der Waals surface area contributed by atoms with Crippen molar-refractivity contribution in [3.63, 3.8) is 0 Å². The van der Waals surface area contributed by atoms with Gasteiger partial charge in [-0.2, -0.15) is 9.78 Å². The van der Waals surface area contributed by atoms with Gasteiger partial charge in [0.2, 0.25) is 5.95 Å². The minimum absolute atomic E-state index is 0.311. The Morgan fingerprint density at radius 3 is 2.40 bits per heavy atom. The molecule has 42 heavy (non-hydrogen) atoms. The number of rotatable bonds is 6. The predicted octanol–water partition coefficient (Wildman–Crippen LogP) is 4.76. The second-order valence-corrected chi connectivity index (χ2v) is 11.7. The number of ether oxygens (including phenoxy) is 1. The van der Waals surface area contributed by atoms with E-state index >= 15 is 0 Å². The van der Waals surface area contributed by atoms with Crippen LogP contribution >= 0.6 is 23.2 Å². The summed E-state index contributed by atoms with van der Waals surface area (Å²) in [6.07, 6.45) is 3.82. The van der Waals surface area contributed by atoms with Crippen molar-refractivity contribution in [3.05, 3.63) is 68.7 Å². The summed E-state index contributed by atoms with van der Waals surface area (Å²) in [5.41, 5.74) is 2.76. The fourth-order valence-corrected chi connectivity index (χ4v) is 6.41. The summed E-state index contributed by atoms with van der Waals surface area (Å²) in [4.78, 5) is 29.9. The summed E-state index contributed by atoms with van der Waals surface area (Å²) in [6.45, 7) is 8.44. The van der Waals surface area contributed by atoms with Gasteiger partial charge in [0, 0.05) is 63.3 Å². The molecule has 0 aliphatic carbocycles. The number of fused-ring (bicyclic) bond motifs is 1. The number of benzene rings is 2. The number of methoxy groups -OCH3 is 1. The van der Waals surface area contributed by atoms with Crippen LogP contribution in [0.4, 0.5) is 17.3 Å². The maximum atomic E-state index is 13.3. The number of nitrogens with one attached hydrogen (secondary N) is 1. The van der Waals surface area contributed by atoms with Crippen LogP contribution in [0, 0.1) is 6.92 Å². The smallest absolute Gasteiger partial charge is 0.282 e. The van der Waals surface area contributed by atoms with E-state index < -0.39 is 5.56 Å². The third kappa shape index (κ3) is 5.64. The lowest BCUT2D eigenvalue weighted by Gasteiger charge is -2.42. The molecule has 2 aromatic heterocycles. The molecule has 220 valence electrons. The minimum Gasteiger partial charge on any atom is -0.494 e. The Bertz CT molecular complexity index is 1640. The highest BCUT2D eigenvalue weighted by atomic mass is 35.5. The van der Waals surface area contributed by atoms with Gasteiger partial charge in [0.1, 0.15) is 17.0 Å². The van der Waals surface area contributed by atoms with Crippen molar-refractivity contribution in [1.29, 1.82) is 0 Å². The van der Waals surface area contributed by atoms with Gasteiger partial charge in [-0.15, -0.1) is 0 Å². The minimum atomic E-state index is -0.407. The maximum Gasteiger partial charge on any atom is 0.282 e. The van der Waals surface area contributed by atoms with Gasteiger partial charge in [-0.3, -0.25) is 9.69 Å². The van der Waals surface area contributed by atoms with Crippen molar-refractivity contribution in [2.24, 2.45) is 0 Å². The van der Waals surface area contributed by atoms with Crippen LogP contribution in [-0.4, -0.2) is 89.0 Å². The molecule has 2 fully saturated rings. The Kier molecular flexibility index (Phi) is 8.22. The van der Waals surface area contributed by atoms with Gasteiger partial charge in [0.05, 0.1) is 33.9 Å². The number of hydrogen-bond acceptors (Lipinski definition) is 9. The number of hydrogen-bond donors (Lipinski definition) is 1. The first-order valence-electron chi connectivity index (χ1n) is 14.2. The van der Waals surface area contributed by atoms with E-state index in [4.69, 9.17) is 27.9 Å². The molecule has 4 aromatic rings. The molecule has 0 saturated carbocycles. The summed E-state index contributed by atoms with van der Waals surface area (Å²) in [5.74, 6) is 1.02. The Hall–Kier alpha value is -3.44. The van der Waals surface area contributed by atoms with Gasteiger partial charge < -0.3 is 19.9 Å². The number of anilines is 3. The first kappa shape index (κ1) is 28.7. The summed E-state index contributed by atoms with van der Waals surface area (Å²) < 4.78 is 6.95. The van der Waals surface area contributed by atoms with E-state index in [0.717, 1.165) is 63.5 Å². The van der Waals surface area contributed by atoms with E-state index in [9.17, 15) is 4.79 Å². The summed E-state index contributed by atoms with van der Waals surface area (Å²) in [5, 5.41) is 8.67. The van der Waals surface area contributed by atoms with Crippen molar-refractivity contribution in [1.82, 2.24) is 29.5 Å². The van der Waals surface area contributed by atoms with Gasteiger partial charge in [-0.05, 0) is 51.1 Å². The van der Waals surface area contributed by atoms with Gasteiger partial charge in [0.25, 0.3) is 5.56 Å². The zero-order chi connectivity index (χ0) is 29.4. The molecule has 6 rings (SSSR count). The second-order valence-electron chi connectivity index (χ2n) is 10.9. The van der Waals surface area contributed by atoms with E-state index in [1.807, 2.05) is 6.07 Å². The Morgan fingerprint density at radius 2 is 1.71 bits per heavy atom. The van der Waals surface area contributed by atoms with Gasteiger partial charge in [0.15, 0.2) is 0 Å². The number of halogens is 2. The van der Waals surface area contributed by atoms with Crippen LogP contribution in [0.25, 0.3) is 16.6 Å². The van der Waals surface area contributed by atoms with E-state index in [2.05, 4.69) is 54.3 Å². The molecule has 0 atom stereocenters. The number of aromatic nitrogens is 4. The average Bonchev–Trinajstić information content (AvgIpc) is 3.00. The number of nitrogens with zero attached hydrogens (tertiary/aromatic N) is 7. The molecule has 10 nitrogen and oxygen atoms in total. The monoisotopic (exact) mass is 608 g/mol. The Labute approximate surface area is 254 Å². The lowest BCUT2D eigenvalue weighted by atomic mass is 10.0. The van der Waals surface area contributed by atoms with Gasteiger partial charge in [-0.1, -0.05) is 29.3 Å². The van der Waals surface area contributed by atoms with Gasteiger partial charge in [-0.25, -0.2) is 9.97 Å². The molecule has 0 radical (unpaired) electrons. The number of aryl methyl sites for hydroxylation is 1. The first-order chi connectivity index (χ1) is 20.3. The van der Waals surface area contributed by atoms with Crippen LogP contribution in [0.3, 0.4) is 0 Å². The third-order valence-electron chi connectivity index (χ3n) is 8.27. The van der Waals surface area contributed by atoms with E-state index in [0.29, 0.717) is 50.1 Å². The van der Waals surface area contributed by atoms with Crippen molar-refractivity contribution in [2.75, 3.05) is 63.6 Å². The number of piperidine rings is 1. The number of likely N-dealkylation sites (N-methyl/N-ethyl adjacent to an activating group) is 1. The molecule has 2 aliphatic heterocycles. The lowest BCUT2D eigenvalue weighted by molar-refractivity contribution is 0.0982. The second kappa shape index (κ2) is 12.0. The highest BCUT2D eigenvalue weighted by Gasteiger charge is 2.27. The standard InChI is InChI=1S/C30H34Cl2N8O2/c1-19-27-22(29(41)40(36-19)28-23(31)5-4-6-24(28)32)18-33-30(35-27)34-25-8-7-21(17-26(25)42-3)38-11-9-20(10-12-38)39-15-13-37(2)14-16-39/h4-8,17-18,20H,9-16H2,1-3H3,(H,33,34,35). The summed E-state index contributed by atoms with van der Waals surface area (Å²) in [6, 6.07) is 11.8. The zero-order valence-corrected chi connectivity index (χ0v) is 25.5. The SMILES string of the molecule is COc1cc(N2CCC(N3CCN(C)CC3)CC2)ccc1Nc1ncc2c(=O)n(-c3c(Cl)cccc3Cl)nc(C)c2n1. The predicted molar refractivity (Wildman–Crippen MR) is 168 cm³/mol. The zero-order valence-electron chi connectivity index (χ0n) is 24.0. The Morgan fingerprint density at radius 1 is 1.00 bits per heavy atom. The van der Waals surface area contributed by atoms with Crippen molar-refractivity contribution in [3.8, 4) is 11.4 Å². The van der Waals surface area contributed by atoms with Crippen LogP contribution in [0.15, 0.2) is 47.4 Å². The van der Waals surface area contributed by atoms with Gasteiger partial charge >= 0.3 is 0 Å². The largest absolute Gasteiger partial charge is 0.494 e. The summed E-state index contributed by atoms with van der Waals surface area (Å²) >= 11 is 12.7. The molecule has 2 aromatic carbocycles. The topological polar surface area (TPSA) is 91.7 Å². The van der Waals surface area contributed by atoms with Crippen LogP contribution in [-0.2, 0) is 0 Å². The summed E-state index contributed by atoms with van der Waals surface area (Å²) in [7, 11) is 3.86. The normalized spacial score (nSPS) is 17.1. The molecule has 0 amide bonds. The molecule has 12 heteroatoms. The van der Waals surface area contributed by atoms with Crippen molar-refractivity contribution in [2.45, 2.75) is 25.8 Å². The number of para-hydroxylation sites is 1. The molecule has 4 heterocycles. The molecule has 2 saturated heterocycles. The van der Waals surface area contributed by atoms with Crippen LogP contribution in [0.1, 0.15) is 18.5 Å². The molecule has 2 aliphatic rings. The molecule has 0 unspecified atom stereocenters. The Balaban J connectivity index is 1.20. The molecule has 0 spiro atoms. The van der Waals surface area contributed by atoms with Crippen LogP contribution < -0.4 is 20.5 Å². The first-order valence-corrected chi connectivity index (χ1v) is 14.9. The highest BCUT2D eigenvalue weighted by molar-refractivity contribution is 6.37. The average molecular weight is 610 g/mol. The van der Waals surface area contributed by atoms with E-state index in [1.54, 1.807) is 32.2 Å². The highest BCUT2D eigenvalue weighted by Crippen LogP contribution is 2.33. The molecule has 0 bridgehead atoms. The van der Waals surface area contributed by atoms with E-state index in [-0.39, 0.29) is 0 Å². The van der Waals surface area contributed by atoms with Crippen molar-refractivity contribution >= 4 is 51.4 Å². The quantitative estimate of drug-likeness (QED) is 0.332. The lowest BCUT2D eigenvalue weighted by Crippen LogP contribution is -2.52.